The Labute approximate surface area is 93.2 Å². The number of hydrogen-bond donors (Lipinski definition) is 3. The molecular weight excluding hydrogens is 240 g/mol. The minimum atomic E-state index is -1.01. The average Bonchev–Trinajstić information content (AvgIpc) is 2.62. The van der Waals surface area contributed by atoms with Gasteiger partial charge in [0.25, 0.3) is 0 Å². The van der Waals surface area contributed by atoms with Crippen molar-refractivity contribution in [3.05, 3.63) is 0 Å². The molecule has 0 radical (unpaired) electrons. The molecule has 1 aromatic rings. The predicted octanol–water partition coefficient (Wildman–Crippen LogP) is 0.307. The van der Waals surface area contributed by atoms with E-state index in [-0.39, 0.29) is 12.8 Å². The second kappa shape index (κ2) is 5.63. The van der Waals surface area contributed by atoms with Crippen molar-refractivity contribution in [3.63, 3.8) is 0 Å². The van der Waals surface area contributed by atoms with Crippen LogP contribution in [0.2, 0.25) is 0 Å². The maximum Gasteiger partial charge on any atom is 0.303 e. The SMILES string of the molecule is NSc1nnc(NC(=O)CCC(=O)O)s1. The third-order valence-electron chi connectivity index (χ3n) is 1.32. The van der Waals surface area contributed by atoms with Crippen LogP contribution in [0.5, 0.6) is 0 Å². The van der Waals surface area contributed by atoms with Gasteiger partial charge in [-0.15, -0.1) is 10.2 Å². The smallest absolute Gasteiger partial charge is 0.303 e. The zero-order chi connectivity index (χ0) is 11.3. The molecule has 4 N–H and O–H groups in total. The summed E-state index contributed by atoms with van der Waals surface area (Å²) in [5, 5.41) is 23.6. The van der Waals surface area contributed by atoms with Crippen LogP contribution >= 0.6 is 23.3 Å². The Hall–Kier alpha value is -1.19. The summed E-state index contributed by atoms with van der Waals surface area (Å²) < 4.78 is 0.531. The van der Waals surface area contributed by atoms with Crippen LogP contribution in [0.1, 0.15) is 12.8 Å². The lowest BCUT2D eigenvalue weighted by Gasteiger charge is -1.97. The van der Waals surface area contributed by atoms with Gasteiger partial charge in [0.1, 0.15) is 0 Å². The summed E-state index contributed by atoms with van der Waals surface area (Å²) in [5.41, 5.74) is 0. The van der Waals surface area contributed by atoms with Gasteiger partial charge in [0.15, 0.2) is 4.34 Å². The Balaban J connectivity index is 2.40. The molecule has 15 heavy (non-hydrogen) atoms. The van der Waals surface area contributed by atoms with E-state index in [1.54, 1.807) is 0 Å². The molecule has 1 heterocycles. The molecule has 0 unspecified atom stereocenters. The first kappa shape index (κ1) is 11.9. The molecule has 0 aliphatic heterocycles. The van der Waals surface area contributed by atoms with Crippen LogP contribution in [0.15, 0.2) is 4.34 Å². The first-order valence-corrected chi connectivity index (χ1v) is 5.53. The van der Waals surface area contributed by atoms with Gasteiger partial charge in [-0.3, -0.25) is 14.7 Å². The largest absolute Gasteiger partial charge is 0.481 e. The zero-order valence-corrected chi connectivity index (χ0v) is 9.10. The highest BCUT2D eigenvalue weighted by Crippen LogP contribution is 2.21. The number of nitrogens with one attached hydrogen (secondary N) is 1. The van der Waals surface area contributed by atoms with Gasteiger partial charge in [-0.25, -0.2) is 0 Å². The summed E-state index contributed by atoms with van der Waals surface area (Å²) >= 11 is 2.07. The predicted molar refractivity (Wildman–Crippen MR) is 55.5 cm³/mol. The number of hydrogen-bond acceptors (Lipinski definition) is 7. The van der Waals surface area contributed by atoms with E-state index in [0.717, 1.165) is 23.3 Å². The molecule has 0 saturated heterocycles. The Morgan fingerprint density at radius 1 is 1.47 bits per heavy atom. The van der Waals surface area contributed by atoms with Crippen LogP contribution in [0.4, 0.5) is 5.13 Å². The first-order chi connectivity index (χ1) is 7.11. The Morgan fingerprint density at radius 3 is 2.73 bits per heavy atom. The second-order valence-electron chi connectivity index (χ2n) is 2.43. The lowest BCUT2D eigenvalue weighted by Crippen LogP contribution is -2.12. The van der Waals surface area contributed by atoms with Gasteiger partial charge in [0.05, 0.1) is 6.42 Å². The number of anilines is 1. The molecule has 0 bridgehead atoms. The highest BCUT2D eigenvalue weighted by atomic mass is 32.2. The van der Waals surface area contributed by atoms with Crippen molar-refractivity contribution < 1.29 is 14.7 Å². The molecule has 0 aliphatic rings. The maximum atomic E-state index is 11.1. The summed E-state index contributed by atoms with van der Waals surface area (Å²) in [6.07, 6.45) is -0.289. The van der Waals surface area contributed by atoms with E-state index >= 15 is 0 Å². The van der Waals surface area contributed by atoms with Gasteiger partial charge >= 0.3 is 5.97 Å². The summed E-state index contributed by atoms with van der Waals surface area (Å²) in [7, 11) is 0. The number of nitrogens with two attached hydrogens (primary N) is 1. The van der Waals surface area contributed by atoms with Crippen LogP contribution in [-0.4, -0.2) is 27.2 Å². The summed E-state index contributed by atoms with van der Waals surface area (Å²) in [6.45, 7) is 0. The monoisotopic (exact) mass is 248 g/mol. The number of carboxylic acid groups (broad SMARTS) is 1. The molecule has 1 rings (SSSR count). The highest BCUT2D eigenvalue weighted by Gasteiger charge is 2.09. The van der Waals surface area contributed by atoms with E-state index in [1.165, 1.54) is 0 Å². The number of nitrogens with zero attached hydrogens (tertiary/aromatic N) is 2. The Bertz CT molecular complexity index is 367. The fraction of sp³-hybridized carbons (Fsp3) is 0.333. The highest BCUT2D eigenvalue weighted by molar-refractivity contribution is 7.98. The van der Waals surface area contributed by atoms with Gasteiger partial charge in [0.2, 0.25) is 11.0 Å². The van der Waals surface area contributed by atoms with Gasteiger partial charge in [-0.05, 0) is 11.9 Å². The Kier molecular flexibility index (Phi) is 4.46. The van der Waals surface area contributed by atoms with Crippen LogP contribution in [0, 0.1) is 0 Å². The van der Waals surface area contributed by atoms with Gasteiger partial charge in [-0.1, -0.05) is 11.3 Å². The Morgan fingerprint density at radius 2 is 2.20 bits per heavy atom. The van der Waals surface area contributed by atoms with E-state index in [4.69, 9.17) is 10.2 Å². The van der Waals surface area contributed by atoms with E-state index in [9.17, 15) is 9.59 Å². The van der Waals surface area contributed by atoms with Crippen molar-refractivity contribution in [2.24, 2.45) is 5.14 Å². The fourth-order valence-corrected chi connectivity index (χ4v) is 1.72. The van der Waals surface area contributed by atoms with Crippen LogP contribution in [0.25, 0.3) is 0 Å². The molecule has 0 fully saturated rings. The van der Waals surface area contributed by atoms with Gasteiger partial charge < -0.3 is 10.4 Å². The van der Waals surface area contributed by atoms with Crippen molar-refractivity contribution in [2.45, 2.75) is 17.2 Å². The van der Waals surface area contributed by atoms with Crippen molar-refractivity contribution in [1.82, 2.24) is 10.2 Å². The molecule has 0 saturated carbocycles. The molecule has 1 amide bonds. The molecule has 7 nitrogen and oxygen atoms in total. The number of aliphatic carboxylic acids is 1. The first-order valence-electron chi connectivity index (χ1n) is 3.83. The minimum Gasteiger partial charge on any atom is -0.481 e. The van der Waals surface area contributed by atoms with E-state index < -0.39 is 11.9 Å². The third kappa shape index (κ3) is 4.23. The summed E-state index contributed by atoms with van der Waals surface area (Å²) in [5.74, 6) is -1.41. The number of rotatable bonds is 5. The van der Waals surface area contributed by atoms with Crippen LogP contribution < -0.4 is 10.5 Å². The molecule has 9 heteroatoms. The van der Waals surface area contributed by atoms with Crippen LogP contribution in [-0.2, 0) is 9.59 Å². The molecule has 0 spiro atoms. The van der Waals surface area contributed by atoms with E-state index in [2.05, 4.69) is 15.5 Å². The number of carbonyl (C=O) groups is 2. The number of carboxylic acids is 1. The number of carbonyl (C=O) groups excluding carboxylic acids is 1. The van der Waals surface area contributed by atoms with Crippen molar-refractivity contribution in [3.8, 4) is 0 Å². The maximum absolute atomic E-state index is 11.1. The number of aromatic nitrogens is 2. The lowest BCUT2D eigenvalue weighted by atomic mass is 10.3. The van der Waals surface area contributed by atoms with E-state index in [1.807, 2.05) is 0 Å². The molecule has 82 valence electrons. The second-order valence-corrected chi connectivity index (χ2v) is 4.29. The topological polar surface area (TPSA) is 118 Å². The van der Waals surface area contributed by atoms with Gasteiger partial charge in [0, 0.05) is 6.42 Å². The number of amides is 1. The zero-order valence-electron chi connectivity index (χ0n) is 7.47. The quantitative estimate of drug-likeness (QED) is 0.506. The molecule has 0 atom stereocenters. The van der Waals surface area contributed by atoms with Gasteiger partial charge in [-0.2, -0.15) is 0 Å². The molecular formula is C6H8N4O3S2. The molecule has 1 aromatic heterocycles. The molecule has 0 aromatic carbocycles. The minimum absolute atomic E-state index is 0.0833. The van der Waals surface area contributed by atoms with E-state index in [0.29, 0.717) is 9.47 Å². The third-order valence-corrected chi connectivity index (χ3v) is 2.77. The fourth-order valence-electron chi connectivity index (χ4n) is 0.710. The van der Waals surface area contributed by atoms with Crippen molar-refractivity contribution >= 4 is 40.3 Å². The van der Waals surface area contributed by atoms with Crippen molar-refractivity contribution in [1.29, 1.82) is 0 Å². The van der Waals surface area contributed by atoms with Crippen molar-refractivity contribution in [2.75, 3.05) is 5.32 Å². The molecule has 0 aliphatic carbocycles. The average molecular weight is 248 g/mol. The lowest BCUT2D eigenvalue weighted by molar-refractivity contribution is -0.138. The van der Waals surface area contributed by atoms with Crippen LogP contribution in [0.3, 0.4) is 0 Å². The summed E-state index contributed by atoms with van der Waals surface area (Å²) in [6, 6.07) is 0. The normalized spacial score (nSPS) is 9.93. The summed E-state index contributed by atoms with van der Waals surface area (Å²) in [4.78, 5) is 21.3. The standard InChI is InChI=1S/C6H8N4O3S2/c7-15-6-10-9-5(14-6)8-3(11)1-2-4(12)13/h1-2,7H2,(H,12,13)(H,8,9,11).